The molecular weight excluding hydrogens is 286 g/mol. The van der Waals surface area contributed by atoms with Gasteiger partial charge in [0.2, 0.25) is 0 Å². The van der Waals surface area contributed by atoms with Gasteiger partial charge in [0.25, 0.3) is 5.69 Å². The van der Waals surface area contributed by atoms with Crippen LogP contribution >= 0.6 is 12.4 Å². The van der Waals surface area contributed by atoms with Gasteiger partial charge < -0.3 is 15.5 Å². The fourth-order valence-electron chi connectivity index (χ4n) is 2.33. The number of nitrogens with one attached hydrogen (secondary N) is 1. The van der Waals surface area contributed by atoms with Gasteiger partial charge in [0, 0.05) is 43.9 Å². The summed E-state index contributed by atoms with van der Waals surface area (Å²) in [6.45, 7) is 2.87. The van der Waals surface area contributed by atoms with Crippen LogP contribution in [0.3, 0.4) is 0 Å². The van der Waals surface area contributed by atoms with E-state index in [1.807, 2.05) is 4.90 Å². The first kappa shape index (κ1) is 16.6. The first-order chi connectivity index (χ1) is 9.13. The highest BCUT2D eigenvalue weighted by Gasteiger charge is 2.25. The summed E-state index contributed by atoms with van der Waals surface area (Å²) in [6, 6.07) is 3.48. The number of non-ortho nitro benzene ring substituents is 1. The number of nitro groups is 1. The van der Waals surface area contributed by atoms with Crippen LogP contribution in [-0.4, -0.2) is 52.8 Å². The van der Waals surface area contributed by atoms with Crippen LogP contribution in [0.15, 0.2) is 18.2 Å². The van der Waals surface area contributed by atoms with Crippen LogP contribution in [0.1, 0.15) is 11.6 Å². The number of piperazine rings is 1. The lowest BCUT2D eigenvalue weighted by Gasteiger charge is -2.34. The molecule has 1 aliphatic rings. The van der Waals surface area contributed by atoms with Crippen molar-refractivity contribution in [2.24, 2.45) is 0 Å². The van der Waals surface area contributed by atoms with Crippen LogP contribution in [0.25, 0.3) is 0 Å². The maximum atomic E-state index is 10.8. The highest BCUT2D eigenvalue weighted by Crippen LogP contribution is 2.31. The minimum absolute atomic E-state index is 0. The van der Waals surface area contributed by atoms with Crippen molar-refractivity contribution in [1.29, 1.82) is 0 Å². The van der Waals surface area contributed by atoms with E-state index >= 15 is 0 Å². The second-order valence-corrected chi connectivity index (χ2v) is 4.48. The molecule has 1 fully saturated rings. The summed E-state index contributed by atoms with van der Waals surface area (Å²) < 4.78 is 0. The van der Waals surface area contributed by atoms with Crippen LogP contribution < -0.4 is 5.32 Å². The Morgan fingerprint density at radius 2 is 2.05 bits per heavy atom. The zero-order valence-electron chi connectivity index (χ0n) is 10.9. The smallest absolute Gasteiger partial charge is 0.270 e. The summed E-state index contributed by atoms with van der Waals surface area (Å²) in [5, 5.41) is 33.4. The number of rotatable bonds is 4. The number of nitrogens with zero attached hydrogens (tertiary/aromatic N) is 2. The number of hydrogen-bond donors (Lipinski definition) is 3. The average molecular weight is 304 g/mol. The monoisotopic (exact) mass is 303 g/mol. The molecule has 20 heavy (non-hydrogen) atoms. The molecule has 0 unspecified atom stereocenters. The molecule has 0 bridgehead atoms. The molecule has 1 aromatic carbocycles. The van der Waals surface area contributed by atoms with Gasteiger partial charge in [-0.3, -0.25) is 15.0 Å². The van der Waals surface area contributed by atoms with E-state index in [1.54, 1.807) is 0 Å². The number of aliphatic hydroxyl groups is 1. The molecule has 2 rings (SSSR count). The Kier molecular flexibility index (Phi) is 6.15. The quantitative estimate of drug-likeness (QED) is 0.558. The van der Waals surface area contributed by atoms with E-state index in [1.165, 1.54) is 18.2 Å². The van der Waals surface area contributed by atoms with Crippen molar-refractivity contribution in [2.75, 3.05) is 32.8 Å². The van der Waals surface area contributed by atoms with E-state index in [4.69, 9.17) is 0 Å². The number of benzene rings is 1. The summed E-state index contributed by atoms with van der Waals surface area (Å²) in [6.07, 6.45) is 0. The highest BCUT2D eigenvalue weighted by molar-refractivity contribution is 5.85. The normalized spacial score (nSPS) is 17.2. The summed E-state index contributed by atoms with van der Waals surface area (Å²) >= 11 is 0. The Morgan fingerprint density at radius 3 is 2.60 bits per heavy atom. The number of aliphatic hydroxyl groups excluding tert-OH is 1. The van der Waals surface area contributed by atoms with Crippen molar-refractivity contribution in [3.8, 4) is 5.75 Å². The van der Waals surface area contributed by atoms with Crippen molar-refractivity contribution in [2.45, 2.75) is 6.04 Å². The Morgan fingerprint density at radius 1 is 1.40 bits per heavy atom. The molecule has 7 nitrogen and oxygen atoms in total. The zero-order valence-corrected chi connectivity index (χ0v) is 11.7. The van der Waals surface area contributed by atoms with Gasteiger partial charge in [-0.25, -0.2) is 0 Å². The molecule has 1 aromatic rings. The third kappa shape index (κ3) is 3.57. The topological polar surface area (TPSA) is 98.9 Å². The first-order valence-corrected chi connectivity index (χ1v) is 6.16. The molecule has 0 amide bonds. The predicted molar refractivity (Wildman–Crippen MR) is 76.3 cm³/mol. The van der Waals surface area contributed by atoms with E-state index in [-0.39, 0.29) is 30.5 Å². The number of halogens is 1. The Bertz CT molecular complexity index is 466. The van der Waals surface area contributed by atoms with E-state index in [9.17, 15) is 20.3 Å². The maximum Gasteiger partial charge on any atom is 0.270 e. The molecule has 112 valence electrons. The molecule has 0 aromatic heterocycles. The van der Waals surface area contributed by atoms with Crippen LogP contribution in [0.5, 0.6) is 5.75 Å². The lowest BCUT2D eigenvalue weighted by molar-refractivity contribution is -0.385. The number of aromatic hydroxyl groups is 1. The summed E-state index contributed by atoms with van der Waals surface area (Å²) in [7, 11) is 0. The summed E-state index contributed by atoms with van der Waals surface area (Å²) in [5.74, 6) is -0.0248. The number of hydrogen-bond acceptors (Lipinski definition) is 6. The van der Waals surface area contributed by atoms with Gasteiger partial charge in [-0.15, -0.1) is 12.4 Å². The molecule has 1 saturated heterocycles. The first-order valence-electron chi connectivity index (χ1n) is 6.16. The largest absolute Gasteiger partial charge is 0.508 e. The van der Waals surface area contributed by atoms with E-state index in [0.717, 1.165) is 26.2 Å². The second kappa shape index (κ2) is 7.39. The molecule has 1 atom stereocenters. The molecule has 0 spiro atoms. The highest BCUT2D eigenvalue weighted by atomic mass is 35.5. The fourth-order valence-corrected chi connectivity index (χ4v) is 2.33. The Hall–Kier alpha value is -1.41. The van der Waals surface area contributed by atoms with Crippen molar-refractivity contribution >= 4 is 18.1 Å². The Balaban J connectivity index is 0.00000200. The second-order valence-electron chi connectivity index (χ2n) is 4.48. The zero-order chi connectivity index (χ0) is 13.8. The third-order valence-corrected chi connectivity index (χ3v) is 3.35. The molecule has 0 radical (unpaired) electrons. The number of phenols is 1. The molecule has 0 aliphatic carbocycles. The van der Waals surface area contributed by atoms with Gasteiger partial charge in [-0.05, 0) is 6.07 Å². The minimum atomic E-state index is -0.505. The van der Waals surface area contributed by atoms with E-state index in [2.05, 4.69) is 5.32 Å². The number of nitro benzene ring substituents is 1. The third-order valence-electron chi connectivity index (χ3n) is 3.35. The van der Waals surface area contributed by atoms with Crippen molar-refractivity contribution in [1.82, 2.24) is 10.2 Å². The van der Waals surface area contributed by atoms with E-state index < -0.39 is 11.0 Å². The Labute approximate surface area is 122 Å². The maximum absolute atomic E-state index is 10.8. The fraction of sp³-hybridized carbons (Fsp3) is 0.500. The standard InChI is InChI=1S/C12H17N3O4.ClH/c16-8-11(14-5-3-13-4-6-14)10-7-9(15(18)19)1-2-12(10)17;/h1-2,7,11,13,16-17H,3-6,8H2;1H/t11-;/m0./s1. The van der Waals surface area contributed by atoms with Crippen LogP contribution in [0, 0.1) is 10.1 Å². The molecule has 8 heteroatoms. The van der Waals surface area contributed by atoms with Gasteiger partial charge in [0.05, 0.1) is 17.6 Å². The number of phenolic OH excluding ortho intramolecular Hbond substituents is 1. The van der Waals surface area contributed by atoms with Crippen LogP contribution in [0.4, 0.5) is 5.69 Å². The lowest BCUT2D eigenvalue weighted by atomic mass is 10.0. The van der Waals surface area contributed by atoms with Crippen molar-refractivity contribution in [3.63, 3.8) is 0 Å². The molecule has 3 N–H and O–H groups in total. The summed E-state index contributed by atoms with van der Waals surface area (Å²) in [4.78, 5) is 12.3. The average Bonchev–Trinajstić information content (AvgIpc) is 2.42. The minimum Gasteiger partial charge on any atom is -0.508 e. The van der Waals surface area contributed by atoms with Crippen LogP contribution in [0.2, 0.25) is 0 Å². The van der Waals surface area contributed by atoms with Gasteiger partial charge in [0.15, 0.2) is 0 Å². The predicted octanol–water partition coefficient (Wildman–Crippen LogP) is 0.661. The van der Waals surface area contributed by atoms with Gasteiger partial charge in [-0.1, -0.05) is 0 Å². The lowest BCUT2D eigenvalue weighted by Crippen LogP contribution is -2.46. The SMILES string of the molecule is Cl.O=[N+]([O-])c1ccc(O)c([C@H](CO)N2CCNCC2)c1. The molecule has 0 saturated carbocycles. The molecular formula is C12H18ClN3O4. The van der Waals surface area contributed by atoms with Crippen LogP contribution in [-0.2, 0) is 0 Å². The molecule has 1 heterocycles. The summed E-state index contributed by atoms with van der Waals surface area (Å²) in [5.41, 5.74) is 0.319. The van der Waals surface area contributed by atoms with Gasteiger partial charge in [-0.2, -0.15) is 0 Å². The van der Waals surface area contributed by atoms with Crippen molar-refractivity contribution < 1.29 is 15.1 Å². The van der Waals surface area contributed by atoms with Gasteiger partial charge >= 0.3 is 0 Å². The van der Waals surface area contributed by atoms with E-state index in [0.29, 0.717) is 5.56 Å². The van der Waals surface area contributed by atoms with Gasteiger partial charge in [0.1, 0.15) is 5.75 Å². The van der Waals surface area contributed by atoms with Crippen molar-refractivity contribution in [3.05, 3.63) is 33.9 Å². The molecule has 1 aliphatic heterocycles.